The Morgan fingerprint density at radius 1 is 1.17 bits per heavy atom. The van der Waals surface area contributed by atoms with Crippen LogP contribution in [0.25, 0.3) is 0 Å². The normalized spacial score (nSPS) is 29.0. The molecule has 4 aliphatic carbocycles. The van der Waals surface area contributed by atoms with Crippen molar-refractivity contribution in [1.29, 1.82) is 0 Å². The average molecular weight is 445 g/mol. The second-order valence-corrected chi connectivity index (χ2v) is 9.24. The first-order chi connectivity index (χ1) is 13.0. The Bertz CT molecular complexity index is 651. The molecule has 0 aliphatic heterocycles. The molecule has 164 valence electrons. The molecule has 1 amide bonds. The summed E-state index contributed by atoms with van der Waals surface area (Å²) in [5, 5.41) is 6.31. The van der Waals surface area contributed by atoms with Crippen LogP contribution in [0.2, 0.25) is 0 Å². The molecule has 1 aromatic rings. The van der Waals surface area contributed by atoms with Crippen LogP contribution in [0.15, 0.2) is 18.3 Å². The lowest BCUT2D eigenvalue weighted by Crippen LogP contribution is -2.51. The Morgan fingerprint density at radius 3 is 2.38 bits per heavy atom. The molecule has 0 spiro atoms. The highest BCUT2D eigenvalue weighted by molar-refractivity contribution is 5.85. The van der Waals surface area contributed by atoms with Crippen molar-refractivity contribution < 1.29 is 9.53 Å². The molecular formula is C21H34Cl2N4O2. The minimum atomic E-state index is -0.366. The Labute approximate surface area is 186 Å². The van der Waals surface area contributed by atoms with Crippen molar-refractivity contribution in [3.05, 3.63) is 18.3 Å². The summed E-state index contributed by atoms with van der Waals surface area (Å²) in [5.41, 5.74) is 0.315. The molecule has 4 fully saturated rings. The van der Waals surface area contributed by atoms with Crippen LogP contribution in [0.1, 0.15) is 38.5 Å². The van der Waals surface area contributed by atoms with Crippen molar-refractivity contribution in [1.82, 2.24) is 15.2 Å². The summed E-state index contributed by atoms with van der Waals surface area (Å²) in [6, 6.07) is 3.58. The SMILES string of the molecule is CN(C)CCNc1ncccc1OC(=O)NCC12CC3CC(CC(C3)C1)C2.Cl.Cl. The van der Waals surface area contributed by atoms with Crippen molar-refractivity contribution in [2.24, 2.45) is 23.2 Å². The molecule has 0 radical (unpaired) electrons. The number of nitrogens with zero attached hydrogens (tertiary/aromatic N) is 2. The summed E-state index contributed by atoms with van der Waals surface area (Å²) in [6.45, 7) is 2.38. The predicted molar refractivity (Wildman–Crippen MR) is 120 cm³/mol. The molecule has 29 heavy (non-hydrogen) atoms. The van der Waals surface area contributed by atoms with Gasteiger partial charge in [-0.1, -0.05) is 0 Å². The number of anilines is 1. The highest BCUT2D eigenvalue weighted by Crippen LogP contribution is 2.59. The topological polar surface area (TPSA) is 66.5 Å². The summed E-state index contributed by atoms with van der Waals surface area (Å²) < 4.78 is 5.58. The molecule has 4 bridgehead atoms. The Kier molecular flexibility index (Phi) is 8.44. The van der Waals surface area contributed by atoms with Gasteiger partial charge in [0, 0.05) is 25.8 Å². The van der Waals surface area contributed by atoms with Gasteiger partial charge in [-0.15, -0.1) is 24.8 Å². The molecule has 1 aromatic heterocycles. The van der Waals surface area contributed by atoms with Crippen LogP contribution in [-0.4, -0.2) is 49.7 Å². The van der Waals surface area contributed by atoms with Crippen molar-refractivity contribution in [3.63, 3.8) is 0 Å². The number of hydrogen-bond acceptors (Lipinski definition) is 5. The van der Waals surface area contributed by atoms with Gasteiger partial charge in [0.25, 0.3) is 0 Å². The number of nitrogens with one attached hydrogen (secondary N) is 2. The molecule has 6 nitrogen and oxygen atoms in total. The fourth-order valence-electron chi connectivity index (χ4n) is 5.91. The maximum absolute atomic E-state index is 12.4. The molecular weight excluding hydrogens is 411 g/mol. The number of carbonyl (C=O) groups is 1. The summed E-state index contributed by atoms with van der Waals surface area (Å²) in [4.78, 5) is 18.8. The number of halogens is 2. The first-order valence-electron chi connectivity index (χ1n) is 10.3. The number of amides is 1. The largest absolute Gasteiger partial charge is 0.412 e. The molecule has 0 saturated heterocycles. The highest BCUT2D eigenvalue weighted by Gasteiger charge is 2.50. The fraction of sp³-hybridized carbons (Fsp3) is 0.714. The molecule has 8 heteroatoms. The predicted octanol–water partition coefficient (Wildman–Crippen LogP) is 4.20. The van der Waals surface area contributed by atoms with Gasteiger partial charge in [-0.25, -0.2) is 9.78 Å². The van der Waals surface area contributed by atoms with Gasteiger partial charge in [-0.05, 0) is 87.9 Å². The number of carbonyl (C=O) groups excluding carboxylic acids is 1. The van der Waals surface area contributed by atoms with E-state index in [1.165, 1.54) is 38.5 Å². The molecule has 0 unspecified atom stereocenters. The Morgan fingerprint density at radius 2 is 1.79 bits per heavy atom. The van der Waals surface area contributed by atoms with Crippen LogP contribution >= 0.6 is 24.8 Å². The number of hydrogen-bond donors (Lipinski definition) is 2. The van der Waals surface area contributed by atoms with Crippen LogP contribution < -0.4 is 15.4 Å². The second kappa shape index (κ2) is 10.2. The molecule has 4 aliphatic rings. The van der Waals surface area contributed by atoms with Crippen molar-refractivity contribution in [2.45, 2.75) is 38.5 Å². The summed E-state index contributed by atoms with van der Waals surface area (Å²) in [6.07, 6.45) is 9.44. The quantitative estimate of drug-likeness (QED) is 0.659. The Hall–Kier alpha value is -1.24. The van der Waals surface area contributed by atoms with E-state index in [0.717, 1.165) is 37.4 Å². The summed E-state index contributed by atoms with van der Waals surface area (Å²) in [7, 11) is 4.05. The van der Waals surface area contributed by atoms with E-state index in [9.17, 15) is 4.79 Å². The fourth-order valence-corrected chi connectivity index (χ4v) is 5.91. The molecule has 0 aromatic carbocycles. The van der Waals surface area contributed by atoms with Crippen LogP contribution in [0.5, 0.6) is 5.75 Å². The van der Waals surface area contributed by atoms with E-state index >= 15 is 0 Å². The van der Waals surface area contributed by atoms with Gasteiger partial charge in [-0.2, -0.15) is 0 Å². The van der Waals surface area contributed by atoms with Gasteiger partial charge >= 0.3 is 6.09 Å². The smallest absolute Gasteiger partial charge is 0.406 e. The highest BCUT2D eigenvalue weighted by atomic mass is 35.5. The summed E-state index contributed by atoms with van der Waals surface area (Å²) >= 11 is 0. The van der Waals surface area contributed by atoms with Gasteiger partial charge in [0.15, 0.2) is 11.6 Å². The van der Waals surface area contributed by atoms with Crippen molar-refractivity contribution in [3.8, 4) is 5.75 Å². The molecule has 5 rings (SSSR count). The van der Waals surface area contributed by atoms with E-state index in [1.807, 2.05) is 14.1 Å². The summed E-state index contributed by atoms with van der Waals surface area (Å²) in [5.74, 6) is 3.77. The third kappa shape index (κ3) is 5.89. The van der Waals surface area contributed by atoms with E-state index in [0.29, 0.717) is 17.0 Å². The number of likely N-dealkylation sites (N-methyl/N-ethyl adjacent to an activating group) is 1. The lowest BCUT2D eigenvalue weighted by molar-refractivity contribution is -0.0503. The van der Waals surface area contributed by atoms with E-state index < -0.39 is 0 Å². The zero-order valence-corrected chi connectivity index (χ0v) is 19.0. The number of pyridine rings is 1. The molecule has 4 saturated carbocycles. The van der Waals surface area contributed by atoms with Gasteiger partial charge < -0.3 is 20.3 Å². The van der Waals surface area contributed by atoms with Crippen molar-refractivity contribution in [2.75, 3.05) is 39.0 Å². The second-order valence-electron chi connectivity index (χ2n) is 9.24. The van der Waals surface area contributed by atoms with Gasteiger partial charge in [0.05, 0.1) is 0 Å². The number of ether oxygens (including phenoxy) is 1. The van der Waals surface area contributed by atoms with Gasteiger partial charge in [0.1, 0.15) is 0 Å². The van der Waals surface area contributed by atoms with Crippen molar-refractivity contribution >= 4 is 36.7 Å². The molecule has 0 atom stereocenters. The molecule has 1 heterocycles. The van der Waals surface area contributed by atoms with Crippen LogP contribution in [-0.2, 0) is 0 Å². The minimum Gasteiger partial charge on any atom is -0.406 e. The van der Waals surface area contributed by atoms with E-state index in [4.69, 9.17) is 4.74 Å². The van der Waals surface area contributed by atoms with E-state index in [-0.39, 0.29) is 30.9 Å². The molecule has 2 N–H and O–H groups in total. The Balaban J connectivity index is 0.00000150. The third-order valence-corrected chi connectivity index (χ3v) is 6.60. The maximum Gasteiger partial charge on any atom is 0.412 e. The lowest BCUT2D eigenvalue weighted by atomic mass is 9.49. The number of rotatable bonds is 7. The van der Waals surface area contributed by atoms with E-state index in [2.05, 4.69) is 20.5 Å². The zero-order chi connectivity index (χ0) is 18.9. The first kappa shape index (κ1) is 24.0. The van der Waals surface area contributed by atoms with Gasteiger partial charge in [-0.3, -0.25) is 0 Å². The first-order valence-corrected chi connectivity index (χ1v) is 10.3. The minimum absolute atomic E-state index is 0. The maximum atomic E-state index is 12.4. The van der Waals surface area contributed by atoms with Crippen LogP contribution in [0.3, 0.4) is 0 Å². The van der Waals surface area contributed by atoms with Gasteiger partial charge in [0.2, 0.25) is 0 Å². The average Bonchev–Trinajstić information content (AvgIpc) is 2.60. The van der Waals surface area contributed by atoms with Crippen LogP contribution in [0, 0.1) is 23.2 Å². The zero-order valence-electron chi connectivity index (χ0n) is 17.4. The van der Waals surface area contributed by atoms with Crippen LogP contribution in [0.4, 0.5) is 10.6 Å². The standard InChI is InChI=1S/C21H32N4O2.2ClH/c1-25(2)7-6-23-19-18(4-3-5-22-19)27-20(26)24-14-21-11-15-8-16(12-21)10-17(9-15)13-21;;/h3-5,15-17H,6-14H2,1-2H3,(H,22,23)(H,24,26);2*1H. The number of aromatic nitrogens is 1. The van der Waals surface area contributed by atoms with E-state index in [1.54, 1.807) is 18.3 Å². The lowest BCUT2D eigenvalue weighted by Gasteiger charge is -2.56. The third-order valence-electron chi connectivity index (χ3n) is 6.60. The monoisotopic (exact) mass is 444 g/mol.